The van der Waals surface area contributed by atoms with E-state index in [1.807, 2.05) is 13.0 Å². The largest absolute Gasteiger partial charge is 0.544 e. The van der Waals surface area contributed by atoms with Gasteiger partial charge in [-0.2, -0.15) is 0 Å². The van der Waals surface area contributed by atoms with Crippen molar-refractivity contribution in [2.45, 2.75) is 58.7 Å². The number of aliphatic carboxylic acids is 1. The lowest BCUT2D eigenvalue weighted by Crippen LogP contribution is -2.35. The molecule has 0 aliphatic heterocycles. The molecule has 0 unspecified atom stereocenters. The lowest BCUT2D eigenvalue weighted by molar-refractivity contribution is -0.136. The number of allylic oxidation sites excluding steroid dienone is 2. The van der Waals surface area contributed by atoms with E-state index >= 15 is 0 Å². The summed E-state index contributed by atoms with van der Waals surface area (Å²) in [5.74, 6) is -0.108. The van der Waals surface area contributed by atoms with Crippen LogP contribution in [-0.2, 0) is 9.22 Å². The van der Waals surface area contributed by atoms with E-state index in [-0.39, 0.29) is 6.42 Å². The van der Waals surface area contributed by atoms with Gasteiger partial charge in [0, 0.05) is 6.42 Å². The van der Waals surface area contributed by atoms with E-state index in [0.29, 0.717) is 12.2 Å². The Hall–Kier alpha value is -1.03. The van der Waals surface area contributed by atoms with Gasteiger partial charge >= 0.3 is 5.97 Å². The summed E-state index contributed by atoms with van der Waals surface area (Å²) in [6.07, 6.45) is 2.53. The molecule has 0 aliphatic rings. The molecule has 104 valence electrons. The maximum Gasteiger partial charge on any atom is 0.303 e. The first-order valence-electron chi connectivity index (χ1n) is 6.69. The molecule has 0 aromatic rings. The van der Waals surface area contributed by atoms with Gasteiger partial charge in [0.2, 0.25) is 8.32 Å². The van der Waals surface area contributed by atoms with E-state index in [9.17, 15) is 4.79 Å². The Bertz CT molecular complexity index is 309. The van der Waals surface area contributed by atoms with Crippen molar-refractivity contribution in [3.05, 3.63) is 24.0 Å². The molecule has 0 heterocycles. The van der Waals surface area contributed by atoms with Gasteiger partial charge in [-0.1, -0.05) is 33.4 Å². The van der Waals surface area contributed by atoms with Crippen LogP contribution in [-0.4, -0.2) is 19.4 Å². The van der Waals surface area contributed by atoms with Gasteiger partial charge in [-0.15, -0.1) is 0 Å². The van der Waals surface area contributed by atoms with Crippen LogP contribution in [0.4, 0.5) is 0 Å². The maximum absolute atomic E-state index is 10.6. The highest BCUT2D eigenvalue weighted by Gasteiger charge is 2.31. The smallest absolute Gasteiger partial charge is 0.303 e. The zero-order chi connectivity index (χ0) is 14.2. The predicted molar refractivity (Wildman–Crippen MR) is 78.0 cm³/mol. The van der Waals surface area contributed by atoms with Crippen LogP contribution in [0.15, 0.2) is 24.0 Å². The Kier molecular flexibility index (Phi) is 7.67. The average molecular weight is 270 g/mol. The molecule has 18 heavy (non-hydrogen) atoms. The monoisotopic (exact) mass is 270 g/mol. The van der Waals surface area contributed by atoms with Gasteiger partial charge in [0.05, 0.1) is 5.76 Å². The molecule has 0 saturated heterocycles. The third kappa shape index (κ3) is 5.08. The Morgan fingerprint density at radius 1 is 1.22 bits per heavy atom. The summed E-state index contributed by atoms with van der Waals surface area (Å²) in [6, 6.07) is 3.19. The Balaban J connectivity index is 4.66. The second-order valence-corrected chi connectivity index (χ2v) is 9.17. The Labute approximate surface area is 112 Å². The van der Waals surface area contributed by atoms with Crippen molar-refractivity contribution < 1.29 is 14.3 Å². The second-order valence-electron chi connectivity index (χ2n) is 4.48. The van der Waals surface area contributed by atoms with Crippen LogP contribution in [0.25, 0.3) is 0 Å². The molecule has 1 N–H and O–H groups in total. The summed E-state index contributed by atoms with van der Waals surface area (Å²) in [5, 5.41) is 8.72. The molecule has 0 fully saturated rings. The fraction of sp³-hybridized carbons (Fsp3) is 0.643. The molecule has 0 atom stereocenters. The molecule has 0 aliphatic carbocycles. The zero-order valence-electron chi connectivity index (χ0n) is 12.1. The van der Waals surface area contributed by atoms with E-state index in [1.54, 1.807) is 0 Å². The minimum atomic E-state index is -1.70. The van der Waals surface area contributed by atoms with E-state index in [2.05, 4.69) is 27.4 Å². The van der Waals surface area contributed by atoms with Crippen LogP contribution in [0.3, 0.4) is 0 Å². The first kappa shape index (κ1) is 17.0. The predicted octanol–water partition coefficient (Wildman–Crippen LogP) is 4.33. The first-order valence-corrected chi connectivity index (χ1v) is 9.22. The van der Waals surface area contributed by atoms with Crippen molar-refractivity contribution in [2.75, 3.05) is 0 Å². The van der Waals surface area contributed by atoms with Gasteiger partial charge in [0.1, 0.15) is 0 Å². The number of hydrogen-bond acceptors (Lipinski definition) is 2. The highest BCUT2D eigenvalue weighted by Crippen LogP contribution is 2.28. The van der Waals surface area contributed by atoms with Crippen LogP contribution < -0.4 is 0 Å². The van der Waals surface area contributed by atoms with Crippen LogP contribution in [0, 0.1) is 0 Å². The van der Waals surface area contributed by atoms with Gasteiger partial charge in [0.25, 0.3) is 0 Å². The van der Waals surface area contributed by atoms with E-state index in [1.165, 1.54) is 0 Å². The SMILES string of the molecule is C=C(O[Si](CC)(CC)CC)/C(=C\C)CCC(=O)O. The van der Waals surface area contributed by atoms with Crippen LogP contribution >= 0.6 is 0 Å². The summed E-state index contributed by atoms with van der Waals surface area (Å²) in [7, 11) is -1.70. The van der Waals surface area contributed by atoms with E-state index in [4.69, 9.17) is 9.53 Å². The molecule has 0 saturated carbocycles. The topological polar surface area (TPSA) is 46.5 Å². The maximum atomic E-state index is 10.6. The number of rotatable bonds is 9. The van der Waals surface area contributed by atoms with Crippen LogP contribution in [0.1, 0.15) is 40.5 Å². The molecule has 4 heteroatoms. The summed E-state index contributed by atoms with van der Waals surface area (Å²) >= 11 is 0. The Morgan fingerprint density at radius 3 is 2.06 bits per heavy atom. The molecular weight excluding hydrogens is 244 g/mol. The standard InChI is InChI=1S/C14H26O3Si/c1-6-13(10-11-14(15)16)12(5)17-18(7-2,8-3)9-4/h6H,5,7-11H2,1-4H3,(H,15,16)/b13-6-. The third-order valence-electron chi connectivity index (χ3n) is 3.59. The second kappa shape index (κ2) is 8.14. The summed E-state index contributed by atoms with van der Waals surface area (Å²) in [4.78, 5) is 10.6. The van der Waals surface area contributed by atoms with Gasteiger partial charge in [-0.25, -0.2) is 0 Å². The molecule has 0 aromatic carbocycles. The molecule has 0 aromatic heterocycles. The number of carboxylic acids is 1. The van der Waals surface area contributed by atoms with Gasteiger partial charge in [-0.3, -0.25) is 4.79 Å². The average Bonchev–Trinajstić information content (AvgIpc) is 2.36. The highest BCUT2D eigenvalue weighted by molar-refractivity contribution is 6.73. The molecule has 0 radical (unpaired) electrons. The minimum Gasteiger partial charge on any atom is -0.544 e. The molecule has 3 nitrogen and oxygen atoms in total. The van der Waals surface area contributed by atoms with Crippen LogP contribution in [0.2, 0.25) is 18.1 Å². The van der Waals surface area contributed by atoms with Gasteiger partial charge in [0.15, 0.2) is 0 Å². The molecule has 0 amide bonds. The van der Waals surface area contributed by atoms with Crippen molar-refractivity contribution in [3.8, 4) is 0 Å². The van der Waals surface area contributed by atoms with Gasteiger partial charge in [-0.05, 0) is 37.0 Å². The fourth-order valence-electron chi connectivity index (χ4n) is 1.98. The van der Waals surface area contributed by atoms with Crippen molar-refractivity contribution in [2.24, 2.45) is 0 Å². The third-order valence-corrected chi connectivity index (χ3v) is 8.13. The van der Waals surface area contributed by atoms with Crippen molar-refractivity contribution in [1.29, 1.82) is 0 Å². The zero-order valence-corrected chi connectivity index (χ0v) is 13.1. The van der Waals surface area contributed by atoms with E-state index in [0.717, 1.165) is 23.7 Å². The minimum absolute atomic E-state index is 0.126. The van der Waals surface area contributed by atoms with E-state index < -0.39 is 14.3 Å². The van der Waals surface area contributed by atoms with Crippen molar-refractivity contribution in [1.82, 2.24) is 0 Å². The quantitative estimate of drug-likeness (QED) is 0.385. The van der Waals surface area contributed by atoms with Crippen molar-refractivity contribution >= 4 is 14.3 Å². The molecule has 0 spiro atoms. The summed E-state index contributed by atoms with van der Waals surface area (Å²) < 4.78 is 6.15. The highest BCUT2D eigenvalue weighted by atomic mass is 28.4. The molecular formula is C14H26O3Si. The first-order chi connectivity index (χ1) is 8.44. The van der Waals surface area contributed by atoms with Gasteiger partial charge < -0.3 is 9.53 Å². The Morgan fingerprint density at radius 2 is 1.72 bits per heavy atom. The number of carbonyl (C=O) groups is 1. The lowest BCUT2D eigenvalue weighted by Gasteiger charge is -2.30. The van der Waals surface area contributed by atoms with Crippen LogP contribution in [0.5, 0.6) is 0 Å². The number of hydrogen-bond donors (Lipinski definition) is 1. The lowest BCUT2D eigenvalue weighted by atomic mass is 10.1. The number of carboxylic acid groups (broad SMARTS) is 1. The van der Waals surface area contributed by atoms with Crippen molar-refractivity contribution in [3.63, 3.8) is 0 Å². The summed E-state index contributed by atoms with van der Waals surface area (Å²) in [6.45, 7) is 12.4. The fourth-order valence-corrected chi connectivity index (χ4v) is 4.57. The molecule has 0 bridgehead atoms. The molecule has 0 rings (SSSR count). The summed E-state index contributed by atoms with van der Waals surface area (Å²) in [5.41, 5.74) is 0.921. The normalized spacial score (nSPS) is 12.3.